The molecule has 1 heterocycles. The minimum absolute atomic E-state index is 0.0366. The molecule has 1 aromatic heterocycles. The van der Waals surface area contributed by atoms with Gasteiger partial charge in [-0.15, -0.1) is 10.2 Å². The van der Waals surface area contributed by atoms with E-state index < -0.39 is 15.7 Å². The van der Waals surface area contributed by atoms with E-state index in [-0.39, 0.29) is 15.5 Å². The van der Waals surface area contributed by atoms with Gasteiger partial charge in [-0.25, -0.2) is 8.42 Å². The molecule has 1 amide bonds. The summed E-state index contributed by atoms with van der Waals surface area (Å²) in [7, 11) is -3.42. The molecule has 130 valence electrons. The Labute approximate surface area is 150 Å². The van der Waals surface area contributed by atoms with Crippen LogP contribution in [-0.4, -0.2) is 30.8 Å². The number of aryl methyl sites for hydroxylation is 1. The normalized spacial score (nSPS) is 11.5. The second-order valence-corrected chi connectivity index (χ2v) is 8.81. The number of sulfone groups is 1. The van der Waals surface area contributed by atoms with E-state index in [9.17, 15) is 13.2 Å². The van der Waals surface area contributed by atoms with Crippen molar-refractivity contribution in [1.82, 2.24) is 10.2 Å². The fraction of sp³-hybridized carbons (Fsp3) is 0.400. The van der Waals surface area contributed by atoms with Crippen LogP contribution < -0.4 is 5.32 Å². The molecule has 0 aliphatic heterocycles. The van der Waals surface area contributed by atoms with Crippen LogP contribution in [-0.2, 0) is 16.3 Å². The lowest BCUT2D eigenvalue weighted by Gasteiger charge is -2.06. The highest BCUT2D eigenvalue weighted by molar-refractivity contribution is 7.90. The monoisotopic (exact) mass is 387 g/mol. The number of benzene rings is 1. The van der Waals surface area contributed by atoms with Gasteiger partial charge in [0, 0.05) is 12.7 Å². The molecule has 2 aromatic rings. The molecule has 0 aliphatic carbocycles. The van der Waals surface area contributed by atoms with Crippen LogP contribution in [0.4, 0.5) is 5.13 Å². The average Bonchev–Trinajstić information content (AvgIpc) is 2.94. The van der Waals surface area contributed by atoms with Crippen molar-refractivity contribution in [3.63, 3.8) is 0 Å². The standard InChI is InChI=1S/C15H18ClN3O3S2/c1-3-4-5-6-13-18-19-15(23-13)17-14(20)11-9-10(24(2,21)22)7-8-12(11)16/h7-9H,3-6H2,1-2H3,(H,17,19,20). The van der Waals surface area contributed by atoms with Gasteiger partial charge in [-0.05, 0) is 24.6 Å². The summed E-state index contributed by atoms with van der Waals surface area (Å²) < 4.78 is 23.2. The summed E-state index contributed by atoms with van der Waals surface area (Å²) in [4.78, 5) is 12.4. The van der Waals surface area contributed by atoms with Crippen LogP contribution >= 0.6 is 22.9 Å². The largest absolute Gasteiger partial charge is 0.296 e. The first-order valence-electron chi connectivity index (χ1n) is 7.44. The van der Waals surface area contributed by atoms with Gasteiger partial charge < -0.3 is 0 Å². The first kappa shape index (κ1) is 18.8. The number of rotatable bonds is 7. The van der Waals surface area contributed by atoms with Crippen LogP contribution in [0.2, 0.25) is 5.02 Å². The quantitative estimate of drug-likeness (QED) is 0.733. The SMILES string of the molecule is CCCCCc1nnc(NC(=O)c2cc(S(C)(=O)=O)ccc2Cl)s1. The van der Waals surface area contributed by atoms with E-state index >= 15 is 0 Å². The molecule has 0 unspecified atom stereocenters. The summed E-state index contributed by atoms with van der Waals surface area (Å²) in [6, 6.07) is 4.02. The maximum atomic E-state index is 12.3. The first-order valence-corrected chi connectivity index (χ1v) is 10.5. The molecule has 24 heavy (non-hydrogen) atoms. The predicted octanol–water partition coefficient (Wildman–Crippen LogP) is 3.58. The topological polar surface area (TPSA) is 89.0 Å². The third kappa shape index (κ3) is 4.99. The minimum Gasteiger partial charge on any atom is -0.296 e. The van der Waals surface area contributed by atoms with Crippen molar-refractivity contribution in [2.45, 2.75) is 37.5 Å². The lowest BCUT2D eigenvalue weighted by Crippen LogP contribution is -2.13. The Hall–Kier alpha value is -1.51. The van der Waals surface area contributed by atoms with Crippen molar-refractivity contribution in [3.05, 3.63) is 33.8 Å². The van der Waals surface area contributed by atoms with Gasteiger partial charge >= 0.3 is 0 Å². The Morgan fingerprint density at radius 2 is 2.04 bits per heavy atom. The summed E-state index contributed by atoms with van der Waals surface area (Å²) in [5.74, 6) is -0.512. The summed E-state index contributed by atoms with van der Waals surface area (Å²) in [6.07, 6.45) is 5.17. The number of nitrogens with zero attached hydrogens (tertiary/aromatic N) is 2. The highest BCUT2D eigenvalue weighted by Crippen LogP contribution is 2.23. The fourth-order valence-corrected chi connectivity index (χ4v) is 3.63. The van der Waals surface area contributed by atoms with Crippen molar-refractivity contribution in [1.29, 1.82) is 0 Å². The van der Waals surface area contributed by atoms with Crippen LogP contribution in [0, 0.1) is 0 Å². The number of aromatic nitrogens is 2. The maximum Gasteiger partial charge on any atom is 0.259 e. The van der Waals surface area contributed by atoms with Gasteiger partial charge in [0.1, 0.15) is 5.01 Å². The van der Waals surface area contributed by atoms with Crippen LogP contribution in [0.3, 0.4) is 0 Å². The molecule has 0 radical (unpaired) electrons. The Morgan fingerprint density at radius 1 is 1.29 bits per heavy atom. The molecule has 0 atom stereocenters. The lowest BCUT2D eigenvalue weighted by atomic mass is 10.2. The molecule has 0 fully saturated rings. The maximum absolute atomic E-state index is 12.3. The summed E-state index contributed by atoms with van der Waals surface area (Å²) in [6.45, 7) is 2.13. The molecule has 2 rings (SSSR count). The highest BCUT2D eigenvalue weighted by Gasteiger charge is 2.17. The molecule has 1 aromatic carbocycles. The number of hydrogen-bond donors (Lipinski definition) is 1. The Morgan fingerprint density at radius 3 is 2.71 bits per heavy atom. The molecule has 0 saturated heterocycles. The number of unbranched alkanes of at least 4 members (excludes halogenated alkanes) is 2. The van der Waals surface area contributed by atoms with E-state index in [0.29, 0.717) is 5.13 Å². The van der Waals surface area contributed by atoms with Crippen molar-refractivity contribution in [2.24, 2.45) is 0 Å². The fourth-order valence-electron chi connectivity index (χ4n) is 2.00. The predicted molar refractivity (Wildman–Crippen MR) is 95.7 cm³/mol. The van der Waals surface area contributed by atoms with Crippen LogP contribution in [0.15, 0.2) is 23.1 Å². The van der Waals surface area contributed by atoms with E-state index in [0.717, 1.165) is 36.9 Å². The molecular formula is C15H18ClN3O3S2. The third-order valence-electron chi connectivity index (χ3n) is 3.29. The van der Waals surface area contributed by atoms with Gasteiger partial charge in [0.05, 0.1) is 15.5 Å². The number of carbonyl (C=O) groups is 1. The van der Waals surface area contributed by atoms with Gasteiger partial charge in [0.25, 0.3) is 5.91 Å². The summed E-state index contributed by atoms with van der Waals surface area (Å²) in [5.41, 5.74) is 0.0855. The molecule has 9 heteroatoms. The first-order chi connectivity index (χ1) is 11.3. The van der Waals surface area contributed by atoms with Gasteiger partial charge in [0.2, 0.25) is 5.13 Å². The molecule has 1 N–H and O–H groups in total. The van der Waals surface area contributed by atoms with Crippen LogP contribution in [0.1, 0.15) is 41.6 Å². The zero-order valence-corrected chi connectivity index (χ0v) is 15.8. The van der Waals surface area contributed by atoms with Gasteiger partial charge in [-0.1, -0.05) is 42.7 Å². The molecule has 6 nitrogen and oxygen atoms in total. The van der Waals surface area contributed by atoms with Crippen molar-refractivity contribution in [2.75, 3.05) is 11.6 Å². The van der Waals surface area contributed by atoms with E-state index in [1.807, 2.05) is 0 Å². The minimum atomic E-state index is -3.42. The van der Waals surface area contributed by atoms with Crippen LogP contribution in [0.5, 0.6) is 0 Å². The second-order valence-electron chi connectivity index (χ2n) is 5.33. The number of halogens is 1. The lowest BCUT2D eigenvalue weighted by molar-refractivity contribution is 0.102. The summed E-state index contributed by atoms with van der Waals surface area (Å²) >= 11 is 7.32. The van der Waals surface area contributed by atoms with Crippen molar-refractivity contribution in [3.8, 4) is 0 Å². The number of anilines is 1. The number of amides is 1. The number of nitrogens with one attached hydrogen (secondary N) is 1. The summed E-state index contributed by atoms with van der Waals surface area (Å²) in [5, 5.41) is 12.0. The van der Waals surface area contributed by atoms with Crippen molar-refractivity contribution >= 4 is 43.8 Å². The van der Waals surface area contributed by atoms with E-state index in [2.05, 4.69) is 22.4 Å². The molecule has 0 spiro atoms. The zero-order chi connectivity index (χ0) is 17.7. The van der Waals surface area contributed by atoms with E-state index in [4.69, 9.17) is 11.6 Å². The van der Waals surface area contributed by atoms with Crippen molar-refractivity contribution < 1.29 is 13.2 Å². The Bertz CT molecular complexity index is 834. The third-order valence-corrected chi connectivity index (χ3v) is 5.63. The Kier molecular flexibility index (Phi) is 6.31. The van der Waals surface area contributed by atoms with Gasteiger partial charge in [0.15, 0.2) is 9.84 Å². The van der Waals surface area contributed by atoms with Gasteiger partial charge in [-0.2, -0.15) is 0 Å². The molecule has 0 aliphatic rings. The average molecular weight is 388 g/mol. The zero-order valence-electron chi connectivity index (χ0n) is 13.4. The smallest absolute Gasteiger partial charge is 0.259 e. The second kappa shape index (κ2) is 8.04. The number of carbonyl (C=O) groups excluding carboxylic acids is 1. The molecular weight excluding hydrogens is 370 g/mol. The Balaban J connectivity index is 2.12. The highest BCUT2D eigenvalue weighted by atomic mass is 35.5. The number of hydrogen-bond acceptors (Lipinski definition) is 6. The van der Waals surface area contributed by atoms with Gasteiger partial charge in [-0.3, -0.25) is 10.1 Å². The van der Waals surface area contributed by atoms with Crippen LogP contribution in [0.25, 0.3) is 0 Å². The molecule has 0 saturated carbocycles. The molecule has 0 bridgehead atoms. The van der Waals surface area contributed by atoms with E-state index in [1.54, 1.807) is 0 Å². The van der Waals surface area contributed by atoms with E-state index in [1.165, 1.54) is 29.5 Å².